The molecule has 3 nitrogen and oxygen atoms in total. The van der Waals surface area contributed by atoms with Gasteiger partial charge in [-0.1, -0.05) is 20.8 Å². The topological polar surface area (TPSA) is 37.9 Å². The van der Waals surface area contributed by atoms with Crippen molar-refractivity contribution < 1.29 is 4.43 Å². The van der Waals surface area contributed by atoms with Gasteiger partial charge in [0, 0.05) is 6.20 Å². The van der Waals surface area contributed by atoms with Crippen LogP contribution in [0, 0.1) is 5.41 Å². The van der Waals surface area contributed by atoms with Crippen LogP contribution < -0.4 is 0 Å². The molecule has 1 aromatic heterocycles. The SMILES string of the molecule is C[SiH](C)OC(c1cc[nH]n1)C(C)(C)C. The molecule has 0 aromatic carbocycles. The van der Waals surface area contributed by atoms with Crippen molar-refractivity contribution in [3.63, 3.8) is 0 Å². The zero-order valence-corrected chi connectivity index (χ0v) is 10.8. The number of aromatic amines is 1. The first-order valence-corrected chi connectivity index (χ1v) is 7.84. The standard InChI is InChI=1S/C10H20N2OSi/c1-10(2,3)9(13-14(4)5)8-6-7-11-12-8/h6-7,9,14H,1-5H3,(H,11,12). The molecule has 80 valence electrons. The van der Waals surface area contributed by atoms with Crippen LogP contribution in [0.4, 0.5) is 0 Å². The molecule has 0 aliphatic carbocycles. The first kappa shape index (κ1) is 11.5. The molecule has 0 saturated heterocycles. The smallest absolute Gasteiger partial charge is 0.171 e. The molecule has 1 rings (SSSR count). The Morgan fingerprint density at radius 2 is 2.07 bits per heavy atom. The van der Waals surface area contributed by atoms with E-state index in [2.05, 4.69) is 44.1 Å². The second kappa shape index (κ2) is 4.27. The van der Waals surface area contributed by atoms with E-state index in [0.717, 1.165) is 5.69 Å². The fraction of sp³-hybridized carbons (Fsp3) is 0.700. The first-order valence-electron chi connectivity index (χ1n) is 5.06. The summed E-state index contributed by atoms with van der Waals surface area (Å²) in [5.41, 5.74) is 1.12. The fourth-order valence-corrected chi connectivity index (χ4v) is 2.50. The Labute approximate surface area is 87.6 Å². The summed E-state index contributed by atoms with van der Waals surface area (Å²) in [5, 5.41) is 7.05. The molecule has 1 aromatic rings. The molecular weight excluding hydrogens is 192 g/mol. The molecule has 1 heterocycles. The van der Waals surface area contributed by atoms with Crippen molar-refractivity contribution in [2.75, 3.05) is 0 Å². The molecule has 0 amide bonds. The third kappa shape index (κ3) is 2.96. The van der Waals surface area contributed by atoms with Gasteiger partial charge >= 0.3 is 0 Å². The molecule has 1 unspecified atom stereocenters. The van der Waals surface area contributed by atoms with E-state index in [1.54, 1.807) is 0 Å². The quantitative estimate of drug-likeness (QED) is 0.782. The molecule has 0 saturated carbocycles. The van der Waals surface area contributed by atoms with Gasteiger partial charge in [-0.3, -0.25) is 5.10 Å². The van der Waals surface area contributed by atoms with Crippen molar-refractivity contribution in [2.24, 2.45) is 5.41 Å². The van der Waals surface area contributed by atoms with Crippen LogP contribution in [0.3, 0.4) is 0 Å². The maximum Gasteiger partial charge on any atom is 0.171 e. The third-order valence-electron chi connectivity index (χ3n) is 1.99. The highest BCUT2D eigenvalue weighted by atomic mass is 28.3. The van der Waals surface area contributed by atoms with E-state index in [1.807, 2.05) is 12.3 Å². The Morgan fingerprint density at radius 3 is 2.43 bits per heavy atom. The minimum atomic E-state index is -1.03. The minimum Gasteiger partial charge on any atom is -0.412 e. The summed E-state index contributed by atoms with van der Waals surface area (Å²) in [6, 6.07) is 1.99. The van der Waals surface area contributed by atoms with E-state index in [9.17, 15) is 0 Å². The Kier molecular flexibility index (Phi) is 3.50. The highest BCUT2D eigenvalue weighted by molar-refractivity contribution is 6.48. The van der Waals surface area contributed by atoms with E-state index in [-0.39, 0.29) is 11.5 Å². The highest BCUT2D eigenvalue weighted by Crippen LogP contribution is 2.35. The van der Waals surface area contributed by atoms with Crippen LogP contribution in [0.5, 0.6) is 0 Å². The summed E-state index contributed by atoms with van der Waals surface area (Å²) in [6.07, 6.45) is 1.96. The van der Waals surface area contributed by atoms with Crippen molar-refractivity contribution in [2.45, 2.75) is 40.0 Å². The summed E-state index contributed by atoms with van der Waals surface area (Å²) in [4.78, 5) is 0. The zero-order chi connectivity index (χ0) is 10.8. The van der Waals surface area contributed by atoms with E-state index in [4.69, 9.17) is 4.43 Å². The van der Waals surface area contributed by atoms with Crippen molar-refractivity contribution in [3.8, 4) is 0 Å². The molecule has 0 radical (unpaired) electrons. The Morgan fingerprint density at radius 1 is 1.43 bits per heavy atom. The van der Waals surface area contributed by atoms with Crippen molar-refractivity contribution in [1.29, 1.82) is 0 Å². The molecule has 14 heavy (non-hydrogen) atoms. The van der Waals surface area contributed by atoms with Gasteiger partial charge in [0.1, 0.15) is 0 Å². The van der Waals surface area contributed by atoms with E-state index < -0.39 is 9.04 Å². The molecule has 4 heteroatoms. The van der Waals surface area contributed by atoms with E-state index in [0.29, 0.717) is 0 Å². The zero-order valence-electron chi connectivity index (χ0n) is 9.66. The average molecular weight is 212 g/mol. The first-order chi connectivity index (χ1) is 6.41. The lowest BCUT2D eigenvalue weighted by atomic mass is 9.87. The lowest BCUT2D eigenvalue weighted by Gasteiger charge is -2.31. The maximum atomic E-state index is 6.02. The lowest BCUT2D eigenvalue weighted by molar-refractivity contribution is 0.0827. The number of aromatic nitrogens is 2. The van der Waals surface area contributed by atoms with Gasteiger partial charge < -0.3 is 4.43 Å². The van der Waals surface area contributed by atoms with Crippen LogP contribution >= 0.6 is 0 Å². The molecule has 0 aliphatic heterocycles. The Balaban J connectivity index is 2.83. The lowest BCUT2D eigenvalue weighted by Crippen LogP contribution is -2.26. The summed E-state index contributed by atoms with van der Waals surface area (Å²) >= 11 is 0. The van der Waals surface area contributed by atoms with Crippen molar-refractivity contribution in [1.82, 2.24) is 10.2 Å². The fourth-order valence-electron chi connectivity index (χ4n) is 1.41. The van der Waals surface area contributed by atoms with Gasteiger partial charge in [-0.25, -0.2) is 0 Å². The van der Waals surface area contributed by atoms with Gasteiger partial charge in [-0.15, -0.1) is 0 Å². The van der Waals surface area contributed by atoms with E-state index in [1.165, 1.54) is 0 Å². The monoisotopic (exact) mass is 212 g/mol. The summed E-state index contributed by atoms with van der Waals surface area (Å²) < 4.78 is 6.02. The molecule has 1 N–H and O–H groups in total. The molecule has 1 atom stereocenters. The number of nitrogens with zero attached hydrogens (tertiary/aromatic N) is 1. The second-order valence-electron chi connectivity index (χ2n) is 4.93. The van der Waals surface area contributed by atoms with Crippen LogP contribution in [-0.4, -0.2) is 19.2 Å². The minimum absolute atomic E-state index is 0.104. The van der Waals surface area contributed by atoms with Crippen LogP contribution in [0.1, 0.15) is 32.6 Å². The highest BCUT2D eigenvalue weighted by Gasteiger charge is 2.29. The average Bonchev–Trinajstić information content (AvgIpc) is 2.49. The molecule has 0 spiro atoms. The van der Waals surface area contributed by atoms with Crippen molar-refractivity contribution >= 4 is 9.04 Å². The number of hydrogen-bond donors (Lipinski definition) is 1. The number of nitrogens with one attached hydrogen (secondary N) is 1. The van der Waals surface area contributed by atoms with Gasteiger partial charge in [0.05, 0.1) is 11.8 Å². The van der Waals surface area contributed by atoms with Crippen LogP contribution in [0.2, 0.25) is 13.1 Å². The summed E-state index contributed by atoms with van der Waals surface area (Å²) in [7, 11) is -1.03. The van der Waals surface area contributed by atoms with Gasteiger partial charge in [0.2, 0.25) is 0 Å². The van der Waals surface area contributed by atoms with Crippen LogP contribution in [-0.2, 0) is 4.43 Å². The normalized spacial score (nSPS) is 14.7. The largest absolute Gasteiger partial charge is 0.412 e. The number of H-pyrrole nitrogens is 1. The van der Waals surface area contributed by atoms with Gasteiger partial charge in [-0.2, -0.15) is 5.10 Å². The summed E-state index contributed by atoms with van der Waals surface area (Å²) in [5.74, 6) is 0. The van der Waals surface area contributed by atoms with Crippen LogP contribution in [0.25, 0.3) is 0 Å². The predicted octanol–water partition coefficient (Wildman–Crippen LogP) is 2.50. The second-order valence-corrected chi connectivity index (χ2v) is 7.30. The van der Waals surface area contributed by atoms with E-state index >= 15 is 0 Å². The van der Waals surface area contributed by atoms with Gasteiger partial charge in [-0.05, 0) is 24.6 Å². The van der Waals surface area contributed by atoms with Crippen LogP contribution in [0.15, 0.2) is 12.3 Å². The molecular formula is C10H20N2OSi. The predicted molar refractivity (Wildman–Crippen MR) is 60.7 cm³/mol. The van der Waals surface area contributed by atoms with Gasteiger partial charge in [0.15, 0.2) is 9.04 Å². The number of hydrogen-bond acceptors (Lipinski definition) is 2. The third-order valence-corrected chi connectivity index (χ3v) is 2.80. The number of rotatable bonds is 3. The maximum absolute atomic E-state index is 6.02. The Hall–Kier alpha value is -0.613. The Bertz CT molecular complexity index is 264. The molecule has 0 fully saturated rings. The summed E-state index contributed by atoms with van der Waals surface area (Å²) in [6.45, 7) is 10.9. The van der Waals surface area contributed by atoms with Gasteiger partial charge in [0.25, 0.3) is 0 Å². The molecule has 0 aliphatic rings. The van der Waals surface area contributed by atoms with Crippen molar-refractivity contribution in [3.05, 3.63) is 18.0 Å². The molecule has 0 bridgehead atoms.